The van der Waals surface area contributed by atoms with E-state index in [4.69, 9.17) is 9.72 Å². The molecule has 2 fully saturated rings. The van der Waals surface area contributed by atoms with Gasteiger partial charge in [0.2, 0.25) is 15.8 Å². The first-order chi connectivity index (χ1) is 18.3. The van der Waals surface area contributed by atoms with E-state index in [1.807, 2.05) is 6.21 Å². The normalized spacial score (nSPS) is 25.0. The molecule has 6 rings (SSSR count). The third kappa shape index (κ3) is 5.00. The number of sulfonamides is 1. The highest BCUT2D eigenvalue weighted by atomic mass is 32.2. The molecule has 204 valence electrons. The molecular formula is C26H36N7O3S2+. The summed E-state index contributed by atoms with van der Waals surface area (Å²) in [5.41, 5.74) is 5.28. The fourth-order valence-corrected chi connectivity index (χ4v) is 7.95. The first kappa shape index (κ1) is 25.9. The number of fused-ring (bicyclic) bond motifs is 1. The highest BCUT2D eigenvalue weighted by Gasteiger charge is 2.35. The second kappa shape index (κ2) is 10.3. The van der Waals surface area contributed by atoms with Crippen LogP contribution in [0.3, 0.4) is 0 Å². The summed E-state index contributed by atoms with van der Waals surface area (Å²) in [5, 5.41) is 3.89. The van der Waals surface area contributed by atoms with E-state index in [0.717, 1.165) is 73.0 Å². The van der Waals surface area contributed by atoms with Crippen molar-refractivity contribution in [2.75, 3.05) is 57.4 Å². The standard InChI is InChI=1S/C26H35N7O3S2/c1-19(2)38(34,35)33-10-8-31(9-11-33)18-21-16-22-23(37-21)25(32-12-14-36-15-13-32)29-24(28-22)20-4-3-5-26(17-20)6-7-27-30-26/h3-5,7,16,19,30H,6,8-15,17-18H2,1-2H3/p+1. The fourth-order valence-electron chi connectivity index (χ4n) is 5.52. The molecule has 2 aromatic heterocycles. The molecule has 0 saturated carbocycles. The number of piperazine rings is 1. The summed E-state index contributed by atoms with van der Waals surface area (Å²) in [7, 11) is -3.20. The Morgan fingerprint density at radius 2 is 1.97 bits per heavy atom. The second-order valence-electron chi connectivity index (χ2n) is 10.7. The number of allylic oxidation sites excluding steroid dienone is 2. The molecule has 1 aliphatic carbocycles. The van der Waals surface area contributed by atoms with Crippen LogP contribution < -0.4 is 15.3 Å². The van der Waals surface area contributed by atoms with E-state index in [9.17, 15) is 8.42 Å². The maximum atomic E-state index is 12.6. The van der Waals surface area contributed by atoms with Crippen molar-refractivity contribution in [3.05, 3.63) is 35.0 Å². The smallest absolute Gasteiger partial charge is 0.264 e. The third-order valence-corrected chi connectivity index (χ3v) is 11.2. The van der Waals surface area contributed by atoms with Gasteiger partial charge in [0.15, 0.2) is 5.52 Å². The Balaban J connectivity index is 1.26. The van der Waals surface area contributed by atoms with Crippen LogP contribution in [0, 0.1) is 0 Å². The van der Waals surface area contributed by atoms with Gasteiger partial charge in [-0.05, 0) is 19.9 Å². The molecule has 12 heteroatoms. The lowest BCUT2D eigenvalue weighted by Crippen LogP contribution is -2.49. The quantitative estimate of drug-likeness (QED) is 0.577. The van der Waals surface area contributed by atoms with Gasteiger partial charge in [0.05, 0.1) is 37.1 Å². The summed E-state index contributed by atoms with van der Waals surface area (Å²) >= 11 is 1.78. The molecule has 0 radical (unpaired) electrons. The molecule has 2 aromatic rings. The number of hydrogen-bond donors (Lipinski definition) is 1. The molecule has 1 unspecified atom stereocenters. The van der Waals surface area contributed by atoms with Crippen molar-refractivity contribution in [3.8, 4) is 0 Å². The van der Waals surface area contributed by atoms with Crippen molar-refractivity contribution in [2.24, 2.45) is 5.10 Å². The minimum Gasteiger partial charge on any atom is -0.375 e. The predicted octanol–water partition coefficient (Wildman–Crippen LogP) is 1.86. The van der Waals surface area contributed by atoms with Crippen molar-refractivity contribution in [2.45, 2.75) is 44.0 Å². The van der Waals surface area contributed by atoms with E-state index >= 15 is 0 Å². The topological polar surface area (TPSA) is 105 Å². The molecule has 1 atom stereocenters. The Kier molecular flexibility index (Phi) is 7.02. The molecule has 1 spiro atoms. The number of hydrogen-bond acceptors (Lipinski definition) is 9. The van der Waals surface area contributed by atoms with E-state index in [1.54, 1.807) is 29.5 Å². The van der Waals surface area contributed by atoms with Crippen LogP contribution in [0.4, 0.5) is 5.82 Å². The van der Waals surface area contributed by atoms with Crippen LogP contribution in [0.2, 0.25) is 0 Å². The number of aromatic nitrogens is 2. The van der Waals surface area contributed by atoms with Gasteiger partial charge in [0.25, 0.3) is 5.82 Å². The van der Waals surface area contributed by atoms with Gasteiger partial charge in [0, 0.05) is 62.2 Å². The van der Waals surface area contributed by atoms with Crippen LogP contribution in [0.1, 0.15) is 37.4 Å². The summed E-state index contributed by atoms with van der Waals surface area (Å²) in [5.74, 6) is 2.01. The first-order valence-electron chi connectivity index (χ1n) is 13.4. The minimum atomic E-state index is -3.20. The Bertz CT molecular complexity index is 1380. The number of ether oxygens (including phenoxy) is 1. The lowest BCUT2D eigenvalue weighted by Gasteiger charge is -2.34. The number of morpholine rings is 1. The van der Waals surface area contributed by atoms with Gasteiger partial charge in [-0.1, -0.05) is 18.2 Å². The maximum Gasteiger partial charge on any atom is 0.264 e. The number of hydrazone groups is 1. The second-order valence-corrected chi connectivity index (χ2v) is 14.4. The SMILES string of the molecule is CC(C)S(=O)(=O)N1CCN(Cc2cc3nc(C4=CC=CC5(CC=NN5)C4)[nH+]c(N4CCOCC4)c3s2)CC1. The van der Waals surface area contributed by atoms with Gasteiger partial charge in [-0.25, -0.2) is 13.4 Å². The summed E-state index contributed by atoms with van der Waals surface area (Å²) in [4.78, 5) is 14.8. The Labute approximate surface area is 228 Å². The van der Waals surface area contributed by atoms with E-state index in [0.29, 0.717) is 26.3 Å². The number of H-pyrrole nitrogens is 1. The van der Waals surface area contributed by atoms with Crippen LogP contribution in [0.15, 0.2) is 29.4 Å². The molecule has 3 aliphatic heterocycles. The minimum absolute atomic E-state index is 0.168. The molecule has 10 nitrogen and oxygen atoms in total. The molecule has 38 heavy (non-hydrogen) atoms. The van der Waals surface area contributed by atoms with E-state index in [2.05, 4.69) is 49.6 Å². The Morgan fingerprint density at radius 3 is 2.68 bits per heavy atom. The van der Waals surface area contributed by atoms with Crippen LogP contribution in [-0.2, 0) is 21.3 Å². The van der Waals surface area contributed by atoms with Crippen LogP contribution in [0.25, 0.3) is 15.8 Å². The van der Waals surface area contributed by atoms with Crippen molar-refractivity contribution in [3.63, 3.8) is 0 Å². The highest BCUT2D eigenvalue weighted by molar-refractivity contribution is 7.89. The summed E-state index contributed by atoms with van der Waals surface area (Å²) in [6.45, 7) is 9.96. The zero-order valence-electron chi connectivity index (χ0n) is 22.0. The summed E-state index contributed by atoms with van der Waals surface area (Å²) in [6.07, 6.45) is 10.1. The third-order valence-electron chi connectivity index (χ3n) is 7.80. The van der Waals surface area contributed by atoms with Gasteiger partial charge >= 0.3 is 0 Å². The fraction of sp³-hybridized carbons (Fsp3) is 0.577. The monoisotopic (exact) mass is 558 g/mol. The first-order valence-corrected chi connectivity index (χ1v) is 15.7. The van der Waals surface area contributed by atoms with E-state index in [-0.39, 0.29) is 10.8 Å². The number of nitrogens with zero attached hydrogens (tertiary/aromatic N) is 5. The van der Waals surface area contributed by atoms with Crippen LogP contribution in [-0.4, -0.2) is 92.1 Å². The Hall–Kier alpha value is -2.38. The van der Waals surface area contributed by atoms with Gasteiger partial charge in [-0.15, -0.1) is 16.3 Å². The van der Waals surface area contributed by atoms with Gasteiger partial charge in [-0.3, -0.25) is 15.2 Å². The van der Waals surface area contributed by atoms with E-state index in [1.165, 1.54) is 4.88 Å². The molecule has 2 N–H and O–H groups in total. The highest BCUT2D eigenvalue weighted by Crippen LogP contribution is 2.36. The summed E-state index contributed by atoms with van der Waals surface area (Å²) < 4.78 is 33.6. The maximum absolute atomic E-state index is 12.6. The van der Waals surface area contributed by atoms with Gasteiger partial charge in [0.1, 0.15) is 4.70 Å². The largest absolute Gasteiger partial charge is 0.375 e. The molecule has 0 aromatic carbocycles. The number of rotatable bonds is 6. The zero-order chi connectivity index (χ0) is 26.3. The van der Waals surface area contributed by atoms with Crippen LogP contribution in [0.5, 0.6) is 0 Å². The number of anilines is 1. The molecule has 0 bridgehead atoms. The molecular weight excluding hydrogens is 522 g/mol. The molecule has 5 heterocycles. The van der Waals surface area contributed by atoms with Crippen LogP contribution >= 0.6 is 11.3 Å². The number of thiophene rings is 1. The van der Waals surface area contributed by atoms with Crippen molar-refractivity contribution >= 4 is 49.2 Å². The number of aromatic amines is 1. The molecule has 0 amide bonds. The average molecular weight is 559 g/mol. The Morgan fingerprint density at radius 1 is 1.18 bits per heavy atom. The zero-order valence-corrected chi connectivity index (χ0v) is 23.7. The predicted molar refractivity (Wildman–Crippen MR) is 151 cm³/mol. The lowest BCUT2D eigenvalue weighted by atomic mass is 9.85. The van der Waals surface area contributed by atoms with Gasteiger partial charge < -0.3 is 4.74 Å². The van der Waals surface area contributed by atoms with Crippen molar-refractivity contribution < 1.29 is 18.1 Å². The van der Waals surface area contributed by atoms with E-state index < -0.39 is 10.0 Å². The van der Waals surface area contributed by atoms with Gasteiger partial charge in [-0.2, -0.15) is 9.41 Å². The average Bonchev–Trinajstić information content (AvgIpc) is 3.55. The molecule has 2 saturated heterocycles. The number of nitrogens with one attached hydrogen (secondary N) is 2. The lowest BCUT2D eigenvalue weighted by molar-refractivity contribution is -0.371. The van der Waals surface area contributed by atoms with Crippen molar-refractivity contribution in [1.82, 2.24) is 19.6 Å². The van der Waals surface area contributed by atoms with Crippen molar-refractivity contribution in [1.29, 1.82) is 0 Å². The summed E-state index contributed by atoms with van der Waals surface area (Å²) in [6, 6.07) is 2.21. The molecule has 4 aliphatic rings.